The van der Waals surface area contributed by atoms with Crippen molar-refractivity contribution in [3.05, 3.63) is 77.5 Å². The van der Waals surface area contributed by atoms with E-state index in [9.17, 15) is 4.79 Å². The molecule has 0 aliphatic carbocycles. The number of hydrogen-bond acceptors (Lipinski definition) is 5. The normalized spacial score (nSPS) is 10.5. The fraction of sp³-hybridized carbons (Fsp3) is 0.308. The Hall–Kier alpha value is -3.74. The van der Waals surface area contributed by atoms with E-state index < -0.39 is 0 Å². The zero-order valence-corrected chi connectivity index (χ0v) is 20.1. The Kier molecular flexibility index (Phi) is 9.09. The van der Waals surface area contributed by atoms with Crippen LogP contribution >= 0.6 is 0 Å². The molecule has 4 aromatic rings. The largest absolute Gasteiger partial charge is 0.449 e. The smallest absolute Gasteiger partial charge is 0.257 e. The summed E-state index contributed by atoms with van der Waals surface area (Å²) in [6.45, 7) is 12.1. The molecule has 33 heavy (non-hydrogen) atoms. The third-order valence-electron chi connectivity index (χ3n) is 4.69. The van der Waals surface area contributed by atoms with Gasteiger partial charge in [0.2, 0.25) is 5.95 Å². The van der Waals surface area contributed by atoms with Crippen molar-refractivity contribution in [2.75, 3.05) is 5.32 Å². The van der Waals surface area contributed by atoms with Crippen molar-refractivity contribution in [2.45, 2.75) is 53.4 Å². The highest BCUT2D eigenvalue weighted by Crippen LogP contribution is 2.29. The number of oxazole rings is 1. The molecule has 0 aliphatic rings. The first-order valence-electron chi connectivity index (χ1n) is 10.8. The molecule has 0 spiro atoms. The number of nitrogens with one attached hydrogen (secondary N) is 2. The first-order chi connectivity index (χ1) is 15.7. The summed E-state index contributed by atoms with van der Waals surface area (Å²) in [6.07, 6.45) is 4.87. The van der Waals surface area contributed by atoms with Crippen molar-refractivity contribution in [1.82, 2.24) is 15.0 Å². The summed E-state index contributed by atoms with van der Waals surface area (Å²) in [7, 11) is 0. The minimum absolute atomic E-state index is 0.0602. The highest BCUT2D eigenvalue weighted by atomic mass is 16.3. The minimum atomic E-state index is -0.169. The van der Waals surface area contributed by atoms with E-state index in [0.717, 1.165) is 29.6 Å². The number of aromatic amines is 1. The standard InChI is InChI=1S/C19H21N3O.C5H7NO.C2H4O/c1-12-10-15-16(11-14(12)19(2,3)4)21-18(20-15)22-17(23)13-8-6-5-7-9-13;1-2-5-6-3-4-7-5;1-2-3/h5-11H,1-4H3,(H2,20,21,22,23);3-4H,2H2,1H3;2H,1H3. The van der Waals surface area contributed by atoms with Crippen LogP contribution in [0.15, 0.2) is 59.3 Å². The van der Waals surface area contributed by atoms with Gasteiger partial charge in [-0.15, -0.1) is 0 Å². The molecule has 0 radical (unpaired) electrons. The van der Waals surface area contributed by atoms with E-state index in [1.54, 1.807) is 24.6 Å². The van der Waals surface area contributed by atoms with E-state index in [2.05, 4.69) is 60.1 Å². The molecule has 2 N–H and O–H groups in total. The lowest BCUT2D eigenvalue weighted by atomic mass is 9.84. The number of aryl methyl sites for hydroxylation is 2. The number of carbonyl (C=O) groups excluding carboxylic acids is 2. The molecule has 1 amide bonds. The topological polar surface area (TPSA) is 101 Å². The highest BCUT2D eigenvalue weighted by Gasteiger charge is 2.18. The van der Waals surface area contributed by atoms with Crippen molar-refractivity contribution in [2.24, 2.45) is 0 Å². The monoisotopic (exact) mass is 448 g/mol. The quantitative estimate of drug-likeness (QED) is 0.382. The van der Waals surface area contributed by atoms with E-state index in [4.69, 9.17) is 9.21 Å². The number of anilines is 1. The summed E-state index contributed by atoms with van der Waals surface area (Å²) in [5, 5.41) is 2.82. The van der Waals surface area contributed by atoms with Gasteiger partial charge in [0.25, 0.3) is 5.91 Å². The lowest BCUT2D eigenvalue weighted by molar-refractivity contribution is -0.106. The Balaban J connectivity index is 0.000000321. The maximum Gasteiger partial charge on any atom is 0.257 e. The molecule has 2 aromatic carbocycles. The van der Waals surface area contributed by atoms with Crippen LogP contribution in [0.3, 0.4) is 0 Å². The second kappa shape index (κ2) is 11.8. The predicted molar refractivity (Wildman–Crippen MR) is 132 cm³/mol. The maximum atomic E-state index is 12.2. The first-order valence-corrected chi connectivity index (χ1v) is 10.8. The lowest BCUT2D eigenvalue weighted by Gasteiger charge is -2.21. The van der Waals surface area contributed by atoms with Gasteiger partial charge in [0.15, 0.2) is 5.89 Å². The van der Waals surface area contributed by atoms with Crippen LogP contribution in [0.1, 0.15) is 62.0 Å². The number of carbonyl (C=O) groups is 2. The molecule has 0 saturated heterocycles. The number of benzene rings is 2. The van der Waals surface area contributed by atoms with Crippen molar-refractivity contribution in [3.63, 3.8) is 0 Å². The van der Waals surface area contributed by atoms with Gasteiger partial charge >= 0.3 is 0 Å². The third kappa shape index (κ3) is 7.42. The summed E-state index contributed by atoms with van der Waals surface area (Å²) in [5.41, 5.74) is 4.94. The molecule has 2 aromatic heterocycles. The molecule has 0 fully saturated rings. The molecule has 7 heteroatoms. The summed E-state index contributed by atoms with van der Waals surface area (Å²) in [4.78, 5) is 32.6. The van der Waals surface area contributed by atoms with Crippen LogP contribution in [0.5, 0.6) is 0 Å². The number of fused-ring (bicyclic) bond motifs is 1. The molecule has 0 atom stereocenters. The zero-order chi connectivity index (χ0) is 24.4. The average Bonchev–Trinajstić information content (AvgIpc) is 3.43. The fourth-order valence-electron chi connectivity index (χ4n) is 3.23. The van der Waals surface area contributed by atoms with E-state index in [1.807, 2.05) is 25.1 Å². The Bertz CT molecular complexity index is 1160. The number of imidazole rings is 1. The number of amides is 1. The van der Waals surface area contributed by atoms with E-state index in [1.165, 1.54) is 18.1 Å². The second-order valence-corrected chi connectivity index (χ2v) is 8.35. The average molecular weight is 449 g/mol. The van der Waals surface area contributed by atoms with E-state index >= 15 is 0 Å². The number of aldehydes is 1. The Morgan fingerprint density at radius 1 is 1.18 bits per heavy atom. The Morgan fingerprint density at radius 3 is 2.36 bits per heavy atom. The summed E-state index contributed by atoms with van der Waals surface area (Å²) >= 11 is 0. The fourth-order valence-corrected chi connectivity index (χ4v) is 3.23. The molecule has 0 aliphatic heterocycles. The van der Waals surface area contributed by atoms with Crippen LogP contribution in [0.25, 0.3) is 11.0 Å². The summed E-state index contributed by atoms with van der Waals surface area (Å²) in [5.74, 6) is 1.11. The zero-order valence-electron chi connectivity index (χ0n) is 20.1. The van der Waals surface area contributed by atoms with Gasteiger partial charge in [-0.3, -0.25) is 10.1 Å². The van der Waals surface area contributed by atoms with Crippen molar-refractivity contribution in [1.29, 1.82) is 0 Å². The first kappa shape index (κ1) is 25.5. The number of H-pyrrole nitrogens is 1. The van der Waals surface area contributed by atoms with Crippen molar-refractivity contribution >= 4 is 29.2 Å². The lowest BCUT2D eigenvalue weighted by Crippen LogP contribution is -2.13. The molecule has 0 unspecified atom stereocenters. The van der Waals surface area contributed by atoms with Gasteiger partial charge in [-0.1, -0.05) is 45.9 Å². The number of rotatable bonds is 3. The Morgan fingerprint density at radius 2 is 1.85 bits per heavy atom. The van der Waals surface area contributed by atoms with Gasteiger partial charge in [-0.2, -0.15) is 0 Å². The van der Waals surface area contributed by atoms with Crippen molar-refractivity contribution < 1.29 is 14.0 Å². The SMILES string of the molecule is CC=O.CCc1ncco1.Cc1cc2[nH]c(NC(=O)c3ccccc3)nc2cc1C(C)(C)C. The second-order valence-electron chi connectivity index (χ2n) is 8.35. The molecule has 4 rings (SSSR count). The minimum Gasteiger partial charge on any atom is -0.449 e. The van der Waals surface area contributed by atoms with E-state index in [-0.39, 0.29) is 11.3 Å². The van der Waals surface area contributed by atoms with Crippen LogP contribution in [-0.4, -0.2) is 27.1 Å². The Labute approximate surface area is 194 Å². The van der Waals surface area contributed by atoms with Gasteiger partial charge in [0, 0.05) is 12.0 Å². The highest BCUT2D eigenvalue weighted by molar-refractivity contribution is 6.03. The van der Waals surface area contributed by atoms with Crippen LogP contribution in [0.4, 0.5) is 5.95 Å². The molecular weight excluding hydrogens is 416 g/mol. The van der Waals surface area contributed by atoms with Gasteiger partial charge < -0.3 is 14.2 Å². The summed E-state index contributed by atoms with van der Waals surface area (Å²) in [6, 6.07) is 13.3. The predicted octanol–water partition coefficient (Wildman–Crippen LogP) is 5.86. The maximum absolute atomic E-state index is 12.2. The molecule has 174 valence electrons. The van der Waals surface area contributed by atoms with E-state index in [0.29, 0.717) is 11.5 Å². The van der Waals surface area contributed by atoms with Gasteiger partial charge in [0.05, 0.1) is 17.2 Å². The van der Waals surface area contributed by atoms with Crippen LogP contribution in [0.2, 0.25) is 0 Å². The van der Waals surface area contributed by atoms with Crippen molar-refractivity contribution in [3.8, 4) is 0 Å². The molecule has 7 nitrogen and oxygen atoms in total. The van der Waals surface area contributed by atoms with Gasteiger partial charge in [-0.25, -0.2) is 9.97 Å². The number of nitrogens with zero attached hydrogens (tertiary/aromatic N) is 2. The molecule has 0 saturated carbocycles. The third-order valence-corrected chi connectivity index (χ3v) is 4.69. The molecule has 0 bridgehead atoms. The number of hydrogen-bond donors (Lipinski definition) is 2. The van der Waals surface area contributed by atoms with Crippen LogP contribution in [0, 0.1) is 6.92 Å². The molecule has 2 heterocycles. The van der Waals surface area contributed by atoms with Crippen LogP contribution < -0.4 is 5.32 Å². The van der Waals surface area contributed by atoms with Crippen LogP contribution in [-0.2, 0) is 16.6 Å². The molecular formula is C26H32N4O3. The van der Waals surface area contributed by atoms with Gasteiger partial charge in [0.1, 0.15) is 12.5 Å². The van der Waals surface area contributed by atoms with Gasteiger partial charge in [-0.05, 0) is 54.7 Å². The summed E-state index contributed by atoms with van der Waals surface area (Å²) < 4.78 is 4.87. The number of aromatic nitrogens is 3.